The van der Waals surface area contributed by atoms with Gasteiger partial charge in [-0.1, -0.05) is 53.9 Å². The largest absolute Gasteiger partial charge is 0.0572 e. The van der Waals surface area contributed by atoms with Gasteiger partial charge in [0.05, 0.1) is 0 Å². The van der Waals surface area contributed by atoms with Crippen molar-refractivity contribution in [1.29, 1.82) is 0 Å². The van der Waals surface area contributed by atoms with Crippen molar-refractivity contribution in [1.82, 2.24) is 0 Å². The van der Waals surface area contributed by atoms with E-state index >= 15 is 0 Å². The summed E-state index contributed by atoms with van der Waals surface area (Å²) in [4.78, 5) is 0. The third kappa shape index (κ3) is 3.18. The third-order valence-corrected chi connectivity index (χ3v) is 4.22. The lowest BCUT2D eigenvalue weighted by molar-refractivity contribution is 0.535. The van der Waals surface area contributed by atoms with E-state index in [0.29, 0.717) is 0 Å². The molecule has 0 spiro atoms. The lowest BCUT2D eigenvalue weighted by atomic mass is 10.1. The van der Waals surface area contributed by atoms with Gasteiger partial charge in [0.1, 0.15) is 0 Å². The predicted octanol–water partition coefficient (Wildman–Crippen LogP) is 3.60. The van der Waals surface area contributed by atoms with E-state index in [1.54, 1.807) is 0 Å². The summed E-state index contributed by atoms with van der Waals surface area (Å²) in [5, 5.41) is 0. The lowest BCUT2D eigenvalue weighted by Gasteiger charge is -2.04. The Bertz CT molecular complexity index is 69.3. The number of halogens is 1. The monoisotopic (exact) mass is 256 g/mol. The Morgan fingerprint density at radius 2 is 2.00 bits per heavy atom. The molecule has 0 heterocycles. The van der Waals surface area contributed by atoms with Crippen LogP contribution >= 0.6 is 28.3 Å². The lowest BCUT2D eigenvalue weighted by Crippen LogP contribution is -1.92. The van der Waals surface area contributed by atoms with Gasteiger partial charge in [-0.2, -0.15) is 0 Å². The zero-order valence-corrected chi connectivity index (χ0v) is 8.86. The van der Waals surface area contributed by atoms with Crippen molar-refractivity contribution in [2.45, 2.75) is 32.1 Å². The molecule has 1 atom stereocenters. The molecular formula is C7H14IP. The summed E-state index contributed by atoms with van der Waals surface area (Å²) in [6, 6.07) is 0. The fourth-order valence-corrected chi connectivity index (χ4v) is 3.01. The molecule has 0 aliphatic heterocycles. The van der Waals surface area contributed by atoms with E-state index in [0.717, 1.165) is 12.1 Å². The first-order valence-corrected chi connectivity index (χ1v) is 8.09. The molecule has 0 radical (unpaired) electrons. The fourth-order valence-electron chi connectivity index (χ4n) is 1.56. The van der Waals surface area contributed by atoms with Crippen LogP contribution in [0.1, 0.15) is 32.1 Å². The Morgan fingerprint density at radius 3 is 2.56 bits per heavy atom. The zero-order valence-electron chi connectivity index (χ0n) is 5.70. The zero-order chi connectivity index (χ0) is 6.53. The molecule has 0 bridgehead atoms. The van der Waals surface area contributed by atoms with Crippen LogP contribution in [0.15, 0.2) is 0 Å². The average Bonchev–Trinajstić information content (AvgIpc) is 2.34. The van der Waals surface area contributed by atoms with E-state index < -0.39 is 0 Å². The van der Waals surface area contributed by atoms with Crippen molar-refractivity contribution in [3.63, 3.8) is 0 Å². The average molecular weight is 256 g/mol. The maximum absolute atomic E-state index is 2.50. The Labute approximate surface area is 72.4 Å². The quantitative estimate of drug-likeness (QED) is 0.534. The summed E-state index contributed by atoms with van der Waals surface area (Å²) in [5.41, 5.74) is 0. The molecule has 1 aliphatic carbocycles. The standard InChI is InChI=1S/C7H14IP/c8-9-6-5-7-3-1-2-4-7/h7,9H,1-6H2. The Balaban J connectivity index is 1.98. The Morgan fingerprint density at radius 1 is 1.33 bits per heavy atom. The Kier molecular flexibility index (Phi) is 4.49. The van der Waals surface area contributed by atoms with Gasteiger partial charge < -0.3 is 0 Å². The molecule has 0 N–H and O–H groups in total. The SMILES string of the molecule is IPCCC1CCCC1. The maximum atomic E-state index is 2.50. The molecule has 0 aromatic heterocycles. The molecule has 1 unspecified atom stereocenters. The smallest absolute Gasteiger partial charge is 0.0260 e. The molecule has 2 heteroatoms. The van der Waals surface area contributed by atoms with Crippen molar-refractivity contribution >= 4 is 28.3 Å². The molecule has 0 aromatic rings. The molecule has 1 aliphatic rings. The van der Waals surface area contributed by atoms with Gasteiger partial charge in [0.2, 0.25) is 0 Å². The highest BCUT2D eigenvalue weighted by Crippen LogP contribution is 2.31. The summed E-state index contributed by atoms with van der Waals surface area (Å²) in [7, 11) is 0. The molecular weight excluding hydrogens is 242 g/mol. The molecule has 9 heavy (non-hydrogen) atoms. The van der Waals surface area contributed by atoms with E-state index in [1.807, 2.05) is 0 Å². The van der Waals surface area contributed by atoms with Crippen molar-refractivity contribution in [2.24, 2.45) is 5.92 Å². The van der Waals surface area contributed by atoms with Gasteiger partial charge in [-0.15, -0.1) is 0 Å². The molecule has 54 valence electrons. The van der Waals surface area contributed by atoms with Crippen LogP contribution < -0.4 is 0 Å². The van der Waals surface area contributed by atoms with Gasteiger partial charge >= 0.3 is 0 Å². The third-order valence-electron chi connectivity index (χ3n) is 2.12. The highest BCUT2D eigenvalue weighted by molar-refractivity contribution is 14.2. The van der Waals surface area contributed by atoms with Crippen molar-refractivity contribution in [3.8, 4) is 0 Å². The normalized spacial score (nSPS) is 22.3. The minimum Gasteiger partial charge on any atom is -0.0572 e. The molecule has 0 saturated heterocycles. The predicted molar refractivity (Wildman–Crippen MR) is 53.8 cm³/mol. The topological polar surface area (TPSA) is 0 Å². The molecule has 1 saturated carbocycles. The van der Waals surface area contributed by atoms with Gasteiger partial charge in [-0.3, -0.25) is 0 Å². The van der Waals surface area contributed by atoms with Crippen LogP contribution in [0.25, 0.3) is 0 Å². The fraction of sp³-hybridized carbons (Fsp3) is 1.00. The van der Waals surface area contributed by atoms with E-state index in [4.69, 9.17) is 0 Å². The first-order chi connectivity index (χ1) is 4.43. The van der Waals surface area contributed by atoms with Gasteiger partial charge in [0.25, 0.3) is 0 Å². The molecule has 1 rings (SSSR count). The van der Waals surface area contributed by atoms with Crippen molar-refractivity contribution in [2.75, 3.05) is 6.16 Å². The van der Waals surface area contributed by atoms with Crippen LogP contribution in [0, 0.1) is 5.92 Å². The van der Waals surface area contributed by atoms with E-state index in [1.165, 1.54) is 38.3 Å². The Hall–Kier alpha value is 1.16. The second-order valence-electron chi connectivity index (χ2n) is 2.82. The first-order valence-electron chi connectivity index (χ1n) is 3.77. The highest BCUT2D eigenvalue weighted by atomic mass is 127. The minimum atomic E-state index is 1.12. The van der Waals surface area contributed by atoms with Crippen molar-refractivity contribution in [3.05, 3.63) is 0 Å². The van der Waals surface area contributed by atoms with E-state index in [9.17, 15) is 0 Å². The second-order valence-corrected chi connectivity index (χ2v) is 5.88. The summed E-state index contributed by atoms with van der Waals surface area (Å²) >= 11 is 2.50. The number of rotatable bonds is 3. The van der Waals surface area contributed by atoms with Crippen LogP contribution in [0.4, 0.5) is 0 Å². The highest BCUT2D eigenvalue weighted by Gasteiger charge is 2.13. The van der Waals surface area contributed by atoms with Crippen LogP contribution in [0.2, 0.25) is 0 Å². The van der Waals surface area contributed by atoms with Gasteiger partial charge in [0, 0.05) is 0 Å². The van der Waals surface area contributed by atoms with Crippen LogP contribution in [0.3, 0.4) is 0 Å². The number of hydrogen-bond acceptors (Lipinski definition) is 0. The number of hydrogen-bond donors (Lipinski definition) is 0. The van der Waals surface area contributed by atoms with Crippen LogP contribution in [-0.4, -0.2) is 6.16 Å². The van der Waals surface area contributed by atoms with E-state index in [2.05, 4.69) is 22.0 Å². The molecule has 1 fully saturated rings. The summed E-state index contributed by atoms with van der Waals surface area (Å²) in [5.74, 6) is 1.12. The molecule has 0 nitrogen and oxygen atoms in total. The van der Waals surface area contributed by atoms with Crippen molar-refractivity contribution < 1.29 is 0 Å². The van der Waals surface area contributed by atoms with E-state index in [-0.39, 0.29) is 0 Å². The summed E-state index contributed by atoms with van der Waals surface area (Å²) in [6.45, 7) is 0. The van der Waals surface area contributed by atoms with Gasteiger partial charge in [-0.05, 0) is 18.5 Å². The summed E-state index contributed by atoms with van der Waals surface area (Å²) < 4.78 is 0. The second kappa shape index (κ2) is 4.90. The first kappa shape index (κ1) is 8.26. The van der Waals surface area contributed by atoms with Crippen LogP contribution in [0.5, 0.6) is 0 Å². The minimum absolute atomic E-state index is 1.12. The maximum Gasteiger partial charge on any atom is -0.0260 e. The molecule has 0 aromatic carbocycles. The summed E-state index contributed by atoms with van der Waals surface area (Å²) in [6.07, 6.45) is 10.2. The van der Waals surface area contributed by atoms with Gasteiger partial charge in [0.15, 0.2) is 0 Å². The molecule has 0 amide bonds. The van der Waals surface area contributed by atoms with Crippen LogP contribution in [-0.2, 0) is 0 Å². The van der Waals surface area contributed by atoms with Gasteiger partial charge in [-0.25, -0.2) is 0 Å².